The zero-order valence-corrected chi connectivity index (χ0v) is 14.0. The van der Waals surface area contributed by atoms with Gasteiger partial charge in [0.1, 0.15) is 6.16 Å². The molecule has 2 bridgehead atoms. The molecule has 3 saturated heterocycles. The molecule has 9 heteroatoms. The predicted octanol–water partition coefficient (Wildman–Crippen LogP) is -3.59. The van der Waals surface area contributed by atoms with Crippen LogP contribution in [0.2, 0.25) is 6.04 Å². The summed E-state index contributed by atoms with van der Waals surface area (Å²) >= 11 is 0. The van der Waals surface area contributed by atoms with Gasteiger partial charge in [-0.1, -0.05) is 4.57 Å². The number of hydrogen-bond acceptors (Lipinski definition) is 6. The average molecular weight is 288 g/mol. The van der Waals surface area contributed by atoms with Gasteiger partial charge >= 0.3 is 46.4 Å². The van der Waals surface area contributed by atoms with Gasteiger partial charge < -0.3 is 18.2 Å². The number of nitrogens with zero attached hydrogens (tertiary/aromatic N) is 1. The second-order valence-corrected chi connectivity index (χ2v) is 7.72. The molecular weight excluding hydrogens is 272 g/mol. The normalized spacial score (nSPS) is 34.2. The zero-order valence-electron chi connectivity index (χ0n) is 10.1. The molecule has 3 heterocycles. The van der Waals surface area contributed by atoms with Crippen molar-refractivity contribution in [3.8, 4) is 0 Å². The van der Waals surface area contributed by atoms with E-state index in [9.17, 15) is 9.46 Å². The molecule has 0 saturated carbocycles. The number of fused-ring (bicyclic) bond motifs is 6. The molecule has 0 aromatic carbocycles. The van der Waals surface area contributed by atoms with Crippen LogP contribution in [0.3, 0.4) is 0 Å². The van der Waals surface area contributed by atoms with Crippen LogP contribution in [-0.2, 0) is 17.8 Å². The van der Waals surface area contributed by atoms with Gasteiger partial charge in [-0.3, -0.25) is 4.90 Å². The quantitative estimate of drug-likeness (QED) is 0.395. The minimum Gasteiger partial charge on any atom is -0.596 e. The summed E-state index contributed by atoms with van der Waals surface area (Å²) in [6.07, 6.45) is 0.0886. The summed E-state index contributed by atoms with van der Waals surface area (Å²) in [7, 11) is -5.09. The van der Waals surface area contributed by atoms with Gasteiger partial charge in [-0.05, 0) is 0 Å². The fourth-order valence-electron chi connectivity index (χ4n) is 1.90. The maximum absolute atomic E-state index is 10.6. The van der Waals surface area contributed by atoms with Gasteiger partial charge in [0.05, 0.1) is 25.9 Å². The van der Waals surface area contributed by atoms with Crippen LogP contribution in [0.5, 0.6) is 0 Å². The van der Waals surface area contributed by atoms with E-state index in [1.54, 1.807) is 0 Å². The topological polar surface area (TPSA) is 71.1 Å². The first kappa shape index (κ1) is 16.2. The Bertz CT molecular complexity index is 246. The van der Waals surface area contributed by atoms with Gasteiger partial charge in [0, 0.05) is 19.6 Å². The molecule has 0 N–H and O–H groups in total. The smallest absolute Gasteiger partial charge is 0.596 e. The molecule has 92 valence electrons. The Balaban J connectivity index is 0.00000144. The van der Waals surface area contributed by atoms with Crippen LogP contribution in [0, 0.1) is 0 Å². The third-order valence-corrected chi connectivity index (χ3v) is 6.59. The molecule has 17 heavy (non-hydrogen) atoms. The van der Waals surface area contributed by atoms with Crippen molar-refractivity contribution in [3.05, 3.63) is 0 Å². The fourth-order valence-corrected chi connectivity index (χ4v) is 5.61. The molecule has 0 amide bonds. The second kappa shape index (κ2) is 7.64. The summed E-state index contributed by atoms with van der Waals surface area (Å²) in [5, 5.41) is 0. The first-order chi connectivity index (χ1) is 7.70. The molecule has 0 aromatic heterocycles. The Labute approximate surface area is 125 Å². The van der Waals surface area contributed by atoms with Gasteiger partial charge in [0.25, 0.3) is 0 Å². The van der Waals surface area contributed by atoms with Crippen molar-refractivity contribution in [1.82, 2.24) is 4.90 Å². The van der Waals surface area contributed by atoms with Gasteiger partial charge in [-0.2, -0.15) is 0 Å². The fraction of sp³-hybridized carbons (Fsp3) is 1.00. The third kappa shape index (κ3) is 4.95. The molecule has 3 rings (SSSR count). The molecule has 6 nitrogen and oxygen atoms in total. The van der Waals surface area contributed by atoms with E-state index < -0.39 is 16.8 Å². The maximum Gasteiger partial charge on any atom is 1.00 e. The largest absolute Gasteiger partial charge is 1.00 e. The maximum atomic E-state index is 10.6. The van der Waals surface area contributed by atoms with E-state index in [1.807, 2.05) is 0 Å². The standard InChI is InChI=1S/C8H16NO5PSi.Na/c10-15(11)7-8-16-12-4-1-9(2-5-13-16)3-6-14-16;/h1-8H2;/q;+1. The molecule has 0 radical (unpaired) electrons. The van der Waals surface area contributed by atoms with Crippen LogP contribution in [0.4, 0.5) is 0 Å². The molecule has 0 spiro atoms. The monoisotopic (exact) mass is 288 g/mol. The summed E-state index contributed by atoms with van der Waals surface area (Å²) in [5.74, 6) is 0. The summed E-state index contributed by atoms with van der Waals surface area (Å²) in [6, 6.07) is 0.381. The van der Waals surface area contributed by atoms with Crippen molar-refractivity contribution in [2.75, 3.05) is 45.6 Å². The summed E-state index contributed by atoms with van der Waals surface area (Å²) in [4.78, 5) is 12.9. The summed E-state index contributed by atoms with van der Waals surface area (Å²) < 4.78 is 27.7. The van der Waals surface area contributed by atoms with E-state index in [1.165, 1.54) is 0 Å². The first-order valence-electron chi connectivity index (χ1n) is 5.46. The van der Waals surface area contributed by atoms with E-state index in [2.05, 4.69) is 4.90 Å². The van der Waals surface area contributed by atoms with Crippen molar-refractivity contribution in [2.24, 2.45) is 0 Å². The van der Waals surface area contributed by atoms with Crippen molar-refractivity contribution in [2.45, 2.75) is 6.04 Å². The molecule has 3 aliphatic rings. The molecule has 1 unspecified atom stereocenters. The SMILES string of the molecule is O=[P+]([O-])CC[Si]12OCCN(CCO1)CCO2.[Na+]. The van der Waals surface area contributed by atoms with Crippen LogP contribution >= 0.6 is 8.03 Å². The zero-order chi connectivity index (χ0) is 11.4. The first-order valence-corrected chi connectivity index (χ1v) is 8.76. The predicted molar refractivity (Wildman–Crippen MR) is 57.3 cm³/mol. The van der Waals surface area contributed by atoms with Gasteiger partial charge in [-0.25, -0.2) is 0 Å². The van der Waals surface area contributed by atoms with Crippen molar-refractivity contribution in [3.63, 3.8) is 0 Å². The van der Waals surface area contributed by atoms with E-state index in [0.29, 0.717) is 25.9 Å². The molecule has 0 aromatic rings. The van der Waals surface area contributed by atoms with Gasteiger partial charge in [-0.15, -0.1) is 0 Å². The average Bonchev–Trinajstić information content (AvgIpc) is 2.13. The van der Waals surface area contributed by atoms with E-state index in [4.69, 9.17) is 13.3 Å². The minimum absolute atomic E-state index is 0. The molecule has 0 aliphatic carbocycles. The molecule has 3 fully saturated rings. The van der Waals surface area contributed by atoms with Crippen molar-refractivity contribution >= 4 is 16.8 Å². The Morgan fingerprint density at radius 1 is 1.12 bits per heavy atom. The van der Waals surface area contributed by atoms with Crippen LogP contribution < -0.4 is 34.5 Å². The van der Waals surface area contributed by atoms with E-state index in [0.717, 1.165) is 19.6 Å². The third-order valence-electron chi connectivity index (χ3n) is 2.79. The number of hydrogen-bond donors (Lipinski definition) is 0. The van der Waals surface area contributed by atoms with Crippen LogP contribution in [0.1, 0.15) is 0 Å². The van der Waals surface area contributed by atoms with Gasteiger partial charge in [0.2, 0.25) is 0 Å². The molecule has 3 aliphatic heterocycles. The van der Waals surface area contributed by atoms with Crippen LogP contribution in [-0.4, -0.2) is 59.3 Å². The van der Waals surface area contributed by atoms with Gasteiger partial charge in [0.15, 0.2) is 0 Å². The Morgan fingerprint density at radius 3 is 2.00 bits per heavy atom. The summed E-state index contributed by atoms with van der Waals surface area (Å²) in [6.45, 7) is 4.35. The van der Waals surface area contributed by atoms with Crippen molar-refractivity contribution in [1.29, 1.82) is 0 Å². The second-order valence-electron chi connectivity index (χ2n) is 3.88. The van der Waals surface area contributed by atoms with Crippen molar-refractivity contribution < 1.29 is 52.3 Å². The van der Waals surface area contributed by atoms with E-state index >= 15 is 0 Å². The Kier molecular flexibility index (Phi) is 7.27. The minimum atomic E-state index is -2.70. The van der Waals surface area contributed by atoms with Crippen LogP contribution in [0.15, 0.2) is 0 Å². The summed E-state index contributed by atoms with van der Waals surface area (Å²) in [5.41, 5.74) is 0. The van der Waals surface area contributed by atoms with Crippen LogP contribution in [0.25, 0.3) is 0 Å². The molecule has 1 atom stereocenters. The Morgan fingerprint density at radius 2 is 1.59 bits per heavy atom. The number of rotatable bonds is 3. The molecular formula is C8H16NNaO5PSi+. The van der Waals surface area contributed by atoms with E-state index in [-0.39, 0.29) is 35.7 Å². The Hall–Kier alpha value is 1.12.